The van der Waals surface area contributed by atoms with Crippen molar-refractivity contribution in [3.8, 4) is 16.9 Å². The number of hydrogen-bond donors (Lipinski definition) is 0. The number of rotatable bonds is 13. The Balaban J connectivity index is 1.17. The number of non-ortho nitro benzene ring substituents is 1. The number of carbonyl (C=O) groups is 1. The number of ether oxygens (including phenoxy) is 1. The molecular weight excluding hydrogens is 544 g/mol. The van der Waals surface area contributed by atoms with Gasteiger partial charge in [-0.15, -0.1) is 0 Å². The van der Waals surface area contributed by atoms with Gasteiger partial charge in [-0.3, -0.25) is 25.0 Å². The molecular formula is C35H34N2O6. The summed E-state index contributed by atoms with van der Waals surface area (Å²) in [6.07, 6.45) is 3.61. The molecule has 1 saturated carbocycles. The zero-order chi connectivity index (χ0) is 30.5. The van der Waals surface area contributed by atoms with Gasteiger partial charge < -0.3 is 4.74 Å². The van der Waals surface area contributed by atoms with E-state index in [4.69, 9.17) is 4.74 Å². The van der Waals surface area contributed by atoms with Crippen LogP contribution in [0.5, 0.6) is 5.75 Å². The number of benzene rings is 4. The predicted molar refractivity (Wildman–Crippen MR) is 165 cm³/mol. The van der Waals surface area contributed by atoms with Gasteiger partial charge in [-0.1, -0.05) is 86.6 Å². The zero-order valence-corrected chi connectivity index (χ0v) is 24.3. The van der Waals surface area contributed by atoms with Crippen LogP contribution in [-0.2, 0) is 11.4 Å². The van der Waals surface area contributed by atoms with E-state index in [9.17, 15) is 25.0 Å². The fourth-order valence-corrected chi connectivity index (χ4v) is 5.38. The molecule has 1 fully saturated rings. The van der Waals surface area contributed by atoms with Crippen LogP contribution in [0.1, 0.15) is 79.5 Å². The number of ketones is 1. The lowest BCUT2D eigenvalue weighted by atomic mass is 9.86. The van der Waals surface area contributed by atoms with Crippen LogP contribution >= 0.6 is 0 Å². The Morgan fingerprint density at radius 3 is 2.21 bits per heavy atom. The maximum Gasteiger partial charge on any atom is 0.317 e. The quantitative estimate of drug-likeness (QED) is 0.116. The molecule has 2 atom stereocenters. The summed E-state index contributed by atoms with van der Waals surface area (Å²) in [5, 5.41) is 22.3. The van der Waals surface area contributed by atoms with Crippen molar-refractivity contribution in [1.29, 1.82) is 0 Å². The molecule has 8 heteroatoms. The lowest BCUT2D eigenvalue weighted by molar-refractivity contribution is -0.394. The van der Waals surface area contributed by atoms with Crippen LogP contribution in [0.3, 0.4) is 0 Å². The molecule has 8 nitrogen and oxygen atoms in total. The summed E-state index contributed by atoms with van der Waals surface area (Å²) in [7, 11) is 0. The highest BCUT2D eigenvalue weighted by atomic mass is 16.6. The first-order valence-corrected chi connectivity index (χ1v) is 14.6. The van der Waals surface area contributed by atoms with Gasteiger partial charge in [-0.05, 0) is 70.5 Å². The van der Waals surface area contributed by atoms with Gasteiger partial charge in [0, 0.05) is 18.4 Å². The van der Waals surface area contributed by atoms with Crippen LogP contribution in [-0.4, -0.2) is 15.6 Å². The normalized spacial score (nSPS) is 14.1. The maximum absolute atomic E-state index is 13.2. The summed E-state index contributed by atoms with van der Waals surface area (Å²) in [5.41, 5.74) is 5.99. The van der Waals surface area contributed by atoms with Crippen LogP contribution in [0.2, 0.25) is 0 Å². The largest absolute Gasteiger partial charge is 0.482 e. The van der Waals surface area contributed by atoms with E-state index in [2.05, 4.69) is 49.4 Å². The molecule has 0 spiro atoms. The highest BCUT2D eigenvalue weighted by Crippen LogP contribution is 2.45. The van der Waals surface area contributed by atoms with Crippen molar-refractivity contribution >= 4 is 17.2 Å². The molecule has 0 aromatic heterocycles. The highest BCUT2D eigenvalue weighted by Gasteiger charge is 2.28. The maximum atomic E-state index is 13.2. The molecule has 0 N–H and O–H groups in total. The van der Waals surface area contributed by atoms with E-state index in [1.54, 1.807) is 0 Å². The molecule has 1 aliphatic rings. The Bertz CT molecular complexity index is 1630. The Hall–Kier alpha value is -4.85. The first kappa shape index (κ1) is 29.6. The van der Waals surface area contributed by atoms with E-state index in [0.717, 1.165) is 29.2 Å². The fourth-order valence-electron chi connectivity index (χ4n) is 5.38. The SMILES string of the molecule is CC(C(=O)CC[C@@H](C)c1ccc(COc2ccc([N+](=O)[O-])cc2[N+](=O)[O-])cc1)c1ccc(-c2ccccc2)c(C2CC2)c1. The van der Waals surface area contributed by atoms with Crippen molar-refractivity contribution in [3.05, 3.63) is 133 Å². The molecule has 0 saturated heterocycles. The molecule has 0 bridgehead atoms. The Morgan fingerprint density at radius 1 is 0.860 bits per heavy atom. The van der Waals surface area contributed by atoms with Gasteiger partial charge in [0.05, 0.1) is 15.9 Å². The average Bonchev–Trinajstić information content (AvgIpc) is 3.88. The smallest absolute Gasteiger partial charge is 0.317 e. The predicted octanol–water partition coefficient (Wildman–Crippen LogP) is 8.88. The van der Waals surface area contributed by atoms with Gasteiger partial charge in [0.1, 0.15) is 12.4 Å². The Labute approximate surface area is 250 Å². The third kappa shape index (κ3) is 7.15. The van der Waals surface area contributed by atoms with E-state index in [0.29, 0.717) is 12.3 Å². The lowest BCUT2D eigenvalue weighted by Gasteiger charge is -2.17. The average molecular weight is 579 g/mol. The molecule has 220 valence electrons. The van der Waals surface area contributed by atoms with Crippen molar-refractivity contribution < 1.29 is 19.4 Å². The van der Waals surface area contributed by atoms with Crippen molar-refractivity contribution in [2.45, 2.75) is 63.9 Å². The topological polar surface area (TPSA) is 113 Å². The van der Waals surface area contributed by atoms with Gasteiger partial charge in [0.2, 0.25) is 0 Å². The van der Waals surface area contributed by atoms with E-state index < -0.39 is 15.5 Å². The fraction of sp³-hybridized carbons (Fsp3) is 0.286. The standard InChI is InChI=1S/C35H34N2O6/c1-23(26-11-9-25(10-12-26)22-43-35-19-16-30(36(39)40)21-33(35)37(41)42)8-18-34(38)24(2)29-15-17-31(27-6-4-3-5-7-27)32(20-29)28-13-14-28/h3-7,9-12,15-17,19-21,23-24,28H,8,13-14,18,22H2,1-2H3/t23-,24?/m1/s1. The Kier molecular flexibility index (Phi) is 8.95. The lowest BCUT2D eigenvalue weighted by Crippen LogP contribution is -2.11. The molecule has 1 unspecified atom stereocenters. The summed E-state index contributed by atoms with van der Waals surface area (Å²) in [6, 6.07) is 28.0. The molecule has 1 aliphatic carbocycles. The van der Waals surface area contributed by atoms with Crippen LogP contribution < -0.4 is 4.74 Å². The van der Waals surface area contributed by atoms with E-state index in [1.165, 1.54) is 41.7 Å². The number of nitrogens with zero attached hydrogens (tertiary/aromatic N) is 2. The van der Waals surface area contributed by atoms with Crippen molar-refractivity contribution in [2.75, 3.05) is 0 Å². The number of hydrogen-bond acceptors (Lipinski definition) is 6. The summed E-state index contributed by atoms with van der Waals surface area (Å²) < 4.78 is 5.62. The van der Waals surface area contributed by atoms with E-state index in [1.807, 2.05) is 37.3 Å². The number of Topliss-reactive ketones (excluding diaryl/α,β-unsaturated/α-hetero) is 1. The van der Waals surface area contributed by atoms with Gasteiger partial charge >= 0.3 is 5.69 Å². The number of nitro groups is 2. The third-order valence-corrected chi connectivity index (χ3v) is 8.28. The first-order chi connectivity index (χ1) is 20.7. The van der Waals surface area contributed by atoms with Crippen molar-refractivity contribution in [2.24, 2.45) is 0 Å². The summed E-state index contributed by atoms with van der Waals surface area (Å²) >= 11 is 0. The van der Waals surface area contributed by atoms with Crippen LogP contribution in [0.15, 0.2) is 91.0 Å². The second kappa shape index (κ2) is 13.0. The van der Waals surface area contributed by atoms with Gasteiger partial charge in [0.25, 0.3) is 5.69 Å². The van der Waals surface area contributed by atoms with Gasteiger partial charge in [0.15, 0.2) is 5.75 Å². The van der Waals surface area contributed by atoms with Gasteiger partial charge in [-0.25, -0.2) is 0 Å². The number of nitro benzene ring substituents is 2. The minimum Gasteiger partial charge on any atom is -0.482 e. The molecule has 0 heterocycles. The Morgan fingerprint density at radius 2 is 1.56 bits per heavy atom. The van der Waals surface area contributed by atoms with Crippen LogP contribution in [0, 0.1) is 20.2 Å². The summed E-state index contributed by atoms with van der Waals surface area (Å²) in [6.45, 7) is 4.18. The zero-order valence-electron chi connectivity index (χ0n) is 24.3. The molecule has 0 radical (unpaired) electrons. The van der Waals surface area contributed by atoms with Crippen molar-refractivity contribution in [1.82, 2.24) is 0 Å². The first-order valence-electron chi connectivity index (χ1n) is 14.6. The molecule has 5 rings (SSSR count). The summed E-state index contributed by atoms with van der Waals surface area (Å²) in [4.78, 5) is 34.2. The second-order valence-electron chi connectivity index (χ2n) is 11.3. The monoisotopic (exact) mass is 578 g/mol. The van der Waals surface area contributed by atoms with Crippen LogP contribution in [0.25, 0.3) is 11.1 Å². The third-order valence-electron chi connectivity index (χ3n) is 8.28. The summed E-state index contributed by atoms with van der Waals surface area (Å²) in [5.74, 6) is 0.785. The van der Waals surface area contributed by atoms with E-state index in [-0.39, 0.29) is 35.7 Å². The molecule has 0 amide bonds. The molecule has 4 aromatic carbocycles. The minimum atomic E-state index is -0.693. The molecule has 4 aromatic rings. The van der Waals surface area contributed by atoms with Crippen LogP contribution in [0.4, 0.5) is 11.4 Å². The van der Waals surface area contributed by atoms with Gasteiger partial charge in [-0.2, -0.15) is 0 Å². The highest BCUT2D eigenvalue weighted by molar-refractivity contribution is 5.86. The molecule has 0 aliphatic heterocycles. The van der Waals surface area contributed by atoms with E-state index >= 15 is 0 Å². The second-order valence-corrected chi connectivity index (χ2v) is 11.3. The number of carbonyl (C=O) groups excluding carboxylic acids is 1. The minimum absolute atomic E-state index is 0.0281. The molecule has 43 heavy (non-hydrogen) atoms. The van der Waals surface area contributed by atoms with Crippen molar-refractivity contribution in [3.63, 3.8) is 0 Å².